The molecule has 0 aliphatic carbocycles. The highest BCUT2D eigenvalue weighted by molar-refractivity contribution is 5.86. The highest BCUT2D eigenvalue weighted by atomic mass is 16.2. The molecule has 0 aliphatic rings. The maximum atomic E-state index is 11.6. The lowest BCUT2D eigenvalue weighted by atomic mass is 10.1. The molecule has 0 saturated carbocycles. The third kappa shape index (κ3) is 5.34. The number of nitrogens with one attached hydrogen (secondary N) is 1. The van der Waals surface area contributed by atoms with Gasteiger partial charge in [-0.3, -0.25) is 9.59 Å². The Kier molecular flexibility index (Phi) is 7.78. The van der Waals surface area contributed by atoms with Crippen LogP contribution in [0.2, 0.25) is 0 Å². The predicted octanol–water partition coefficient (Wildman–Crippen LogP) is 0.911. The molecule has 0 aliphatic heterocycles. The van der Waals surface area contributed by atoms with Gasteiger partial charge < -0.3 is 10.2 Å². The highest BCUT2D eigenvalue weighted by Crippen LogP contribution is 2.04. The number of likely N-dealkylation sites (N-methyl/N-ethyl adjacent to an activating group) is 1. The van der Waals surface area contributed by atoms with Gasteiger partial charge in [-0.1, -0.05) is 13.3 Å². The molecule has 96 valence electrons. The van der Waals surface area contributed by atoms with Crippen LogP contribution in [0.3, 0.4) is 0 Å². The summed E-state index contributed by atoms with van der Waals surface area (Å²) in [6.07, 6.45) is 1.30. The Morgan fingerprint density at radius 3 is 2.29 bits per heavy atom. The van der Waals surface area contributed by atoms with E-state index in [-0.39, 0.29) is 18.4 Å². The molecule has 0 aromatic rings. The number of rotatable bonds is 7. The molecule has 0 radical (unpaired) electrons. The minimum Gasteiger partial charge on any atom is -0.346 e. The van der Waals surface area contributed by atoms with Gasteiger partial charge in [-0.25, -0.2) is 0 Å². The van der Waals surface area contributed by atoms with E-state index in [1.54, 1.807) is 4.90 Å². The lowest BCUT2D eigenvalue weighted by molar-refractivity contribution is -0.133. The van der Waals surface area contributed by atoms with Crippen LogP contribution in [0.15, 0.2) is 0 Å². The van der Waals surface area contributed by atoms with E-state index in [1.807, 2.05) is 26.8 Å². The van der Waals surface area contributed by atoms with E-state index in [4.69, 9.17) is 5.26 Å². The van der Waals surface area contributed by atoms with Crippen LogP contribution < -0.4 is 5.32 Å². The summed E-state index contributed by atoms with van der Waals surface area (Å²) in [6.45, 7) is 6.92. The molecule has 0 bridgehead atoms. The standard InChI is InChI=1S/C12H21N3O2/c1-4-7-10(8-13)12(17)14-9-11(16)15(5-2)6-3/h10H,4-7,9H2,1-3H3,(H,14,17). The molecule has 0 heterocycles. The van der Waals surface area contributed by atoms with Gasteiger partial charge in [-0.05, 0) is 20.3 Å². The summed E-state index contributed by atoms with van der Waals surface area (Å²) in [7, 11) is 0. The largest absolute Gasteiger partial charge is 0.346 e. The second kappa shape index (κ2) is 8.57. The van der Waals surface area contributed by atoms with Gasteiger partial charge in [-0.15, -0.1) is 0 Å². The van der Waals surface area contributed by atoms with Crippen molar-refractivity contribution in [3.8, 4) is 6.07 Å². The van der Waals surface area contributed by atoms with Crippen LogP contribution in [-0.2, 0) is 9.59 Å². The molecule has 1 unspecified atom stereocenters. The van der Waals surface area contributed by atoms with Crippen molar-refractivity contribution in [1.29, 1.82) is 5.26 Å². The van der Waals surface area contributed by atoms with Gasteiger partial charge in [0.25, 0.3) is 0 Å². The molecule has 0 spiro atoms. The van der Waals surface area contributed by atoms with Crippen molar-refractivity contribution in [2.24, 2.45) is 5.92 Å². The fourth-order valence-electron chi connectivity index (χ4n) is 1.52. The van der Waals surface area contributed by atoms with Crippen LogP contribution in [-0.4, -0.2) is 36.3 Å². The Balaban J connectivity index is 4.15. The van der Waals surface area contributed by atoms with Crippen molar-refractivity contribution in [3.05, 3.63) is 0 Å². The monoisotopic (exact) mass is 239 g/mol. The first-order chi connectivity index (χ1) is 8.10. The molecule has 0 rings (SSSR count). The van der Waals surface area contributed by atoms with Crippen molar-refractivity contribution in [2.45, 2.75) is 33.6 Å². The van der Waals surface area contributed by atoms with Crippen molar-refractivity contribution in [2.75, 3.05) is 19.6 Å². The maximum absolute atomic E-state index is 11.6. The van der Waals surface area contributed by atoms with Crippen LogP contribution in [0.5, 0.6) is 0 Å². The Labute approximate surface area is 103 Å². The molecule has 5 heteroatoms. The quantitative estimate of drug-likeness (QED) is 0.717. The van der Waals surface area contributed by atoms with E-state index in [0.717, 1.165) is 6.42 Å². The topological polar surface area (TPSA) is 73.2 Å². The molecule has 0 aromatic heterocycles. The van der Waals surface area contributed by atoms with Gasteiger partial charge in [0.05, 0.1) is 12.6 Å². The zero-order valence-electron chi connectivity index (χ0n) is 10.8. The summed E-state index contributed by atoms with van der Waals surface area (Å²) in [4.78, 5) is 24.8. The zero-order valence-corrected chi connectivity index (χ0v) is 10.8. The zero-order chi connectivity index (χ0) is 13.3. The van der Waals surface area contributed by atoms with Gasteiger partial charge >= 0.3 is 0 Å². The first kappa shape index (κ1) is 15.4. The number of hydrogen-bond acceptors (Lipinski definition) is 3. The SMILES string of the molecule is CCCC(C#N)C(=O)NCC(=O)N(CC)CC. The average molecular weight is 239 g/mol. The summed E-state index contributed by atoms with van der Waals surface area (Å²) < 4.78 is 0. The summed E-state index contributed by atoms with van der Waals surface area (Å²) in [6, 6.07) is 1.95. The second-order valence-corrected chi connectivity index (χ2v) is 3.75. The van der Waals surface area contributed by atoms with Crippen LogP contribution >= 0.6 is 0 Å². The van der Waals surface area contributed by atoms with E-state index in [9.17, 15) is 9.59 Å². The lowest BCUT2D eigenvalue weighted by Gasteiger charge is -2.19. The fourth-order valence-corrected chi connectivity index (χ4v) is 1.52. The maximum Gasteiger partial charge on any atom is 0.241 e. The first-order valence-electron chi connectivity index (χ1n) is 6.05. The Bertz CT molecular complexity index is 293. The van der Waals surface area contributed by atoms with E-state index >= 15 is 0 Å². The van der Waals surface area contributed by atoms with Crippen LogP contribution in [0.4, 0.5) is 0 Å². The molecule has 0 fully saturated rings. The fraction of sp³-hybridized carbons (Fsp3) is 0.750. The van der Waals surface area contributed by atoms with E-state index < -0.39 is 5.92 Å². The Morgan fingerprint density at radius 1 is 1.29 bits per heavy atom. The first-order valence-corrected chi connectivity index (χ1v) is 6.05. The molecule has 0 aromatic carbocycles. The van der Waals surface area contributed by atoms with Crippen molar-refractivity contribution in [1.82, 2.24) is 10.2 Å². The molecular weight excluding hydrogens is 218 g/mol. The summed E-state index contributed by atoms with van der Waals surface area (Å²) in [5, 5.41) is 11.3. The van der Waals surface area contributed by atoms with Crippen molar-refractivity contribution >= 4 is 11.8 Å². The van der Waals surface area contributed by atoms with E-state index in [0.29, 0.717) is 19.5 Å². The van der Waals surface area contributed by atoms with E-state index in [1.165, 1.54) is 0 Å². The smallest absolute Gasteiger partial charge is 0.241 e. The van der Waals surface area contributed by atoms with Crippen LogP contribution in [0.25, 0.3) is 0 Å². The van der Waals surface area contributed by atoms with Crippen molar-refractivity contribution < 1.29 is 9.59 Å². The molecule has 5 nitrogen and oxygen atoms in total. The minimum absolute atomic E-state index is 0.0254. The Morgan fingerprint density at radius 2 is 1.88 bits per heavy atom. The molecule has 0 saturated heterocycles. The molecule has 17 heavy (non-hydrogen) atoms. The summed E-state index contributed by atoms with van der Waals surface area (Å²) in [5.41, 5.74) is 0. The van der Waals surface area contributed by atoms with Gasteiger partial charge in [-0.2, -0.15) is 5.26 Å². The Hall–Kier alpha value is -1.57. The summed E-state index contributed by atoms with van der Waals surface area (Å²) >= 11 is 0. The average Bonchev–Trinajstić information content (AvgIpc) is 2.34. The third-order valence-electron chi connectivity index (χ3n) is 2.58. The third-order valence-corrected chi connectivity index (χ3v) is 2.58. The minimum atomic E-state index is -0.649. The number of amides is 2. The van der Waals surface area contributed by atoms with Crippen LogP contribution in [0, 0.1) is 17.2 Å². The number of nitrogens with zero attached hydrogens (tertiary/aromatic N) is 2. The predicted molar refractivity (Wildman–Crippen MR) is 64.9 cm³/mol. The van der Waals surface area contributed by atoms with Crippen molar-refractivity contribution in [3.63, 3.8) is 0 Å². The molecular formula is C12H21N3O2. The molecule has 1 N–H and O–H groups in total. The summed E-state index contributed by atoms with van der Waals surface area (Å²) in [5.74, 6) is -1.11. The number of carbonyl (C=O) groups excluding carboxylic acids is 2. The second-order valence-electron chi connectivity index (χ2n) is 3.75. The lowest BCUT2D eigenvalue weighted by Crippen LogP contribution is -2.41. The normalized spacial score (nSPS) is 11.4. The van der Waals surface area contributed by atoms with Gasteiger partial charge in [0.1, 0.15) is 5.92 Å². The van der Waals surface area contributed by atoms with Gasteiger partial charge in [0, 0.05) is 13.1 Å². The number of hydrogen-bond donors (Lipinski definition) is 1. The van der Waals surface area contributed by atoms with Gasteiger partial charge in [0.15, 0.2) is 0 Å². The van der Waals surface area contributed by atoms with Gasteiger partial charge in [0.2, 0.25) is 11.8 Å². The molecule has 1 atom stereocenters. The number of carbonyl (C=O) groups is 2. The van der Waals surface area contributed by atoms with E-state index in [2.05, 4.69) is 5.32 Å². The highest BCUT2D eigenvalue weighted by Gasteiger charge is 2.18. The number of nitriles is 1. The molecule has 2 amide bonds. The van der Waals surface area contributed by atoms with Crippen LogP contribution in [0.1, 0.15) is 33.6 Å².